The monoisotopic (exact) mass is 1030 g/mol. The molecule has 3 N–H and O–H groups in total. The second-order valence-corrected chi connectivity index (χ2v) is 22.6. The molecule has 0 bridgehead atoms. The predicted molar refractivity (Wildman–Crippen MR) is 289 cm³/mol. The lowest BCUT2D eigenvalue weighted by atomic mass is 9.77. The molecule has 1 saturated carbocycles. The number of pyridine rings is 1. The van der Waals surface area contributed by atoms with Crippen molar-refractivity contribution in [1.29, 1.82) is 0 Å². The molecule has 1 spiro atoms. The van der Waals surface area contributed by atoms with Crippen molar-refractivity contribution in [1.82, 2.24) is 30.0 Å². The second kappa shape index (κ2) is 20.0. The van der Waals surface area contributed by atoms with Crippen LogP contribution in [0.5, 0.6) is 5.75 Å². The van der Waals surface area contributed by atoms with E-state index < -0.39 is 17.5 Å². The molecule has 3 fully saturated rings. The van der Waals surface area contributed by atoms with E-state index >= 15 is 0 Å². The number of amides is 4. The molecule has 75 heavy (non-hydrogen) atoms. The fraction of sp³-hybridized carbons (Fsp3) is 0.379. The minimum absolute atomic E-state index is 0.0206. The number of fused-ring (bicyclic) bond motifs is 3. The highest BCUT2D eigenvalue weighted by molar-refractivity contribution is 7.22. The maximum absolute atomic E-state index is 14.2. The van der Waals surface area contributed by atoms with Crippen LogP contribution in [0.2, 0.25) is 0 Å². The summed E-state index contributed by atoms with van der Waals surface area (Å²) in [7, 11) is 1.81. The summed E-state index contributed by atoms with van der Waals surface area (Å²) in [6, 6.07) is 29.1. The van der Waals surface area contributed by atoms with Crippen LogP contribution < -0.4 is 25.6 Å². The summed E-state index contributed by atoms with van der Waals surface area (Å²) in [5, 5.41) is 14.5. The first kappa shape index (κ1) is 49.7. The third-order valence-corrected chi connectivity index (χ3v) is 16.3. The van der Waals surface area contributed by atoms with Crippen LogP contribution in [0.25, 0.3) is 32.2 Å². The lowest BCUT2D eigenvalue weighted by molar-refractivity contribution is -0.134. The summed E-state index contributed by atoms with van der Waals surface area (Å²) in [6.45, 7) is 10.6. The first-order valence-corrected chi connectivity index (χ1v) is 26.7. The Kier molecular flexibility index (Phi) is 13.2. The molecule has 386 valence electrons. The molecule has 11 rings (SSSR count). The van der Waals surface area contributed by atoms with E-state index in [0.29, 0.717) is 59.4 Å². The van der Waals surface area contributed by atoms with Gasteiger partial charge in [-0.3, -0.25) is 39.4 Å². The molecule has 16 nitrogen and oxygen atoms in total. The number of ether oxygens (including phenoxy) is 2. The number of aryl methyl sites for hydroxylation is 1. The number of anilines is 3. The van der Waals surface area contributed by atoms with Gasteiger partial charge in [0.15, 0.2) is 10.8 Å². The average molecular weight is 1030 g/mol. The van der Waals surface area contributed by atoms with Gasteiger partial charge in [-0.15, -0.1) is 0 Å². The number of carbonyl (C=O) groups is 5. The Labute approximate surface area is 439 Å². The Bertz CT molecular complexity index is 3390. The number of carbonyl (C=O) groups excluding carboxylic acids is 5. The van der Waals surface area contributed by atoms with Crippen molar-refractivity contribution in [2.24, 2.45) is 12.5 Å². The maximum Gasteiger partial charge on any atom is 0.358 e. The number of thiazole rings is 1. The topological polar surface area (TPSA) is 190 Å². The summed E-state index contributed by atoms with van der Waals surface area (Å²) < 4.78 is 15.6. The van der Waals surface area contributed by atoms with Gasteiger partial charge in [-0.25, -0.2) is 14.8 Å². The number of nitrogens with zero attached hydrogens (tertiary/aromatic N) is 6. The lowest BCUT2D eigenvalue weighted by Crippen LogP contribution is -2.42. The molecule has 1 aliphatic carbocycles. The highest BCUT2D eigenvalue weighted by Gasteiger charge is 2.43. The summed E-state index contributed by atoms with van der Waals surface area (Å²) in [5.41, 5.74) is 7.51. The zero-order valence-corrected chi connectivity index (χ0v) is 43.8. The largest absolute Gasteiger partial charge is 0.490 e. The van der Waals surface area contributed by atoms with Crippen molar-refractivity contribution in [3.8, 4) is 16.9 Å². The number of para-hydroxylation sites is 1. The zero-order valence-electron chi connectivity index (χ0n) is 43.0. The van der Waals surface area contributed by atoms with E-state index in [-0.39, 0.29) is 53.8 Å². The van der Waals surface area contributed by atoms with E-state index in [9.17, 15) is 24.0 Å². The van der Waals surface area contributed by atoms with Crippen LogP contribution in [0.15, 0.2) is 91.0 Å². The summed E-state index contributed by atoms with van der Waals surface area (Å²) in [6.07, 6.45) is 6.26. The number of imide groups is 1. The second-order valence-electron chi connectivity index (χ2n) is 21.6. The smallest absolute Gasteiger partial charge is 0.358 e. The van der Waals surface area contributed by atoms with E-state index in [1.165, 1.54) is 11.3 Å². The molecule has 17 heteroatoms. The van der Waals surface area contributed by atoms with Crippen molar-refractivity contribution in [2.45, 2.75) is 103 Å². The Balaban J connectivity index is 0.738. The molecule has 2 saturated heterocycles. The Morgan fingerprint density at radius 3 is 2.48 bits per heavy atom. The normalized spacial score (nSPS) is 18.8. The quantitative estimate of drug-likeness (QED) is 0.0823. The van der Waals surface area contributed by atoms with Crippen LogP contribution in [0.3, 0.4) is 0 Å². The number of aromatic nitrogens is 4. The standard InChI is InChI=1S/C58H61N9O7S/c1-34-38(39-18-20-48(61-52(39)55(72)74-57(2,3)4)67-27-23-35-10-8-12-40(43(35)32-67)53(70)63-56-60-44-13-6-7-15-47(44)75-56)11-9-14-46(34)73-37-22-24-58(31-37)25-28-66(29-26-58)33-50(69)59-36-16-17-41-45(30-36)65(5)64-51(41)42-19-21-49(68)62-54(42)71/h6-18,20,30,37,42H,19,21-29,31-33H2,1-5H3,(H,59,69)(H,60,63,70)(H,62,68,71)/t37-,42?/m0/s1. The number of likely N-dealkylation sites (tertiary alicyclic amines) is 1. The highest BCUT2D eigenvalue weighted by Crippen LogP contribution is 2.48. The van der Waals surface area contributed by atoms with E-state index in [1.807, 2.05) is 120 Å². The van der Waals surface area contributed by atoms with E-state index in [0.717, 1.165) is 94.3 Å². The summed E-state index contributed by atoms with van der Waals surface area (Å²) in [4.78, 5) is 79.7. The van der Waals surface area contributed by atoms with Crippen molar-refractivity contribution in [3.05, 3.63) is 125 Å². The number of rotatable bonds is 11. The van der Waals surface area contributed by atoms with Gasteiger partial charge in [-0.05, 0) is 168 Å². The van der Waals surface area contributed by atoms with Gasteiger partial charge >= 0.3 is 5.97 Å². The average Bonchev–Trinajstić information content (AvgIpc) is 4.08. The third-order valence-electron chi connectivity index (χ3n) is 15.4. The first-order valence-electron chi connectivity index (χ1n) is 25.9. The van der Waals surface area contributed by atoms with Crippen LogP contribution in [-0.4, -0.2) is 92.1 Å². The minimum Gasteiger partial charge on any atom is -0.490 e. The molecule has 2 atom stereocenters. The number of hydrogen-bond acceptors (Lipinski definition) is 13. The number of nitrogens with one attached hydrogen (secondary N) is 3. The highest BCUT2D eigenvalue weighted by atomic mass is 32.1. The van der Waals surface area contributed by atoms with Crippen LogP contribution in [0, 0.1) is 12.3 Å². The van der Waals surface area contributed by atoms with Gasteiger partial charge in [0.1, 0.15) is 17.2 Å². The van der Waals surface area contributed by atoms with Gasteiger partial charge in [-0.1, -0.05) is 47.7 Å². The molecule has 6 heterocycles. The molecule has 1 unspecified atom stereocenters. The van der Waals surface area contributed by atoms with Gasteiger partial charge in [0.2, 0.25) is 17.7 Å². The molecule has 3 aliphatic heterocycles. The van der Waals surface area contributed by atoms with Crippen molar-refractivity contribution < 1.29 is 33.4 Å². The van der Waals surface area contributed by atoms with Crippen LogP contribution >= 0.6 is 11.3 Å². The van der Waals surface area contributed by atoms with Gasteiger partial charge < -0.3 is 19.7 Å². The molecular weight excluding hydrogens is 967 g/mol. The zero-order chi connectivity index (χ0) is 52.2. The van der Waals surface area contributed by atoms with E-state index in [2.05, 4.69) is 41.9 Å². The van der Waals surface area contributed by atoms with Crippen LogP contribution in [0.1, 0.15) is 115 Å². The molecule has 3 aromatic heterocycles. The third kappa shape index (κ3) is 10.3. The fourth-order valence-corrected chi connectivity index (χ4v) is 12.4. The first-order chi connectivity index (χ1) is 36.0. The number of esters is 1. The van der Waals surface area contributed by atoms with E-state index in [4.69, 9.17) is 14.5 Å². The molecular formula is C58H61N9O7S. The van der Waals surface area contributed by atoms with Gasteiger partial charge in [0.05, 0.1) is 40.0 Å². The lowest BCUT2D eigenvalue weighted by Gasteiger charge is -2.39. The molecule has 4 aromatic carbocycles. The maximum atomic E-state index is 14.2. The minimum atomic E-state index is -0.757. The molecule has 7 aromatic rings. The van der Waals surface area contributed by atoms with Crippen molar-refractivity contribution in [2.75, 3.05) is 41.7 Å². The molecule has 4 aliphatic rings. The predicted octanol–water partition coefficient (Wildman–Crippen LogP) is 9.50. The fourth-order valence-electron chi connectivity index (χ4n) is 11.5. The van der Waals surface area contributed by atoms with Crippen LogP contribution in [-0.2, 0) is 39.1 Å². The number of benzene rings is 4. The molecule has 4 amide bonds. The van der Waals surface area contributed by atoms with Gasteiger partial charge in [0, 0.05) is 48.8 Å². The Hall–Kier alpha value is -7.50. The van der Waals surface area contributed by atoms with Crippen molar-refractivity contribution in [3.63, 3.8) is 0 Å². The number of hydrogen-bond donors (Lipinski definition) is 3. The Morgan fingerprint density at radius 1 is 0.867 bits per heavy atom. The summed E-state index contributed by atoms with van der Waals surface area (Å²) in [5.74, 6) is -0.533. The van der Waals surface area contributed by atoms with E-state index in [1.54, 1.807) is 4.68 Å². The number of piperidine rings is 2. The van der Waals surface area contributed by atoms with Crippen molar-refractivity contribution >= 4 is 78.7 Å². The van der Waals surface area contributed by atoms with Gasteiger partial charge in [0.25, 0.3) is 5.91 Å². The van der Waals surface area contributed by atoms with Crippen LogP contribution in [0.4, 0.5) is 16.6 Å². The Morgan fingerprint density at radius 2 is 1.68 bits per heavy atom. The SMILES string of the molecule is Cc1c(O[C@H]2CCC3(CCN(CC(=O)Nc4ccc5c(C6CCC(=O)NC6=O)nn(C)c5c4)CC3)C2)cccc1-c1ccc(N2CCc3cccc(C(=O)Nc4nc5ccccc5s4)c3C2)nc1C(=O)OC(C)(C)C. The summed E-state index contributed by atoms with van der Waals surface area (Å²) >= 11 is 1.44. The molecule has 0 radical (unpaired) electrons. The van der Waals surface area contributed by atoms with Gasteiger partial charge in [-0.2, -0.15) is 5.10 Å².